The van der Waals surface area contributed by atoms with Crippen LogP contribution in [-0.2, 0) is 19.9 Å². The van der Waals surface area contributed by atoms with E-state index >= 15 is 0 Å². The van der Waals surface area contributed by atoms with Crippen molar-refractivity contribution in [3.63, 3.8) is 0 Å². The number of rotatable bonds is 6. The van der Waals surface area contributed by atoms with Crippen LogP contribution in [0, 0.1) is 6.92 Å². The summed E-state index contributed by atoms with van der Waals surface area (Å²) < 4.78 is 49.0. The summed E-state index contributed by atoms with van der Waals surface area (Å²) in [6.07, 6.45) is 1.01. The van der Waals surface area contributed by atoms with Crippen molar-refractivity contribution in [1.82, 2.24) is 4.72 Å². The van der Waals surface area contributed by atoms with E-state index in [9.17, 15) is 21.6 Å². The van der Waals surface area contributed by atoms with E-state index in [2.05, 4.69) is 4.72 Å². The van der Waals surface area contributed by atoms with Crippen LogP contribution in [0.2, 0.25) is 0 Å². The Kier molecular flexibility index (Phi) is 5.13. The van der Waals surface area contributed by atoms with Crippen LogP contribution in [0.15, 0.2) is 23.1 Å². The highest BCUT2D eigenvalue weighted by atomic mass is 32.2. The molecule has 0 heterocycles. The first kappa shape index (κ1) is 17.6. The topological polar surface area (TPSA) is 118 Å². The molecule has 0 fully saturated rings. The Morgan fingerprint density at radius 1 is 1.29 bits per heavy atom. The summed E-state index contributed by atoms with van der Waals surface area (Å²) in [5.74, 6) is -1.58. The maximum Gasteiger partial charge on any atom is 0.335 e. The van der Waals surface area contributed by atoms with E-state index in [1.165, 1.54) is 26.0 Å². The van der Waals surface area contributed by atoms with Crippen molar-refractivity contribution >= 4 is 25.8 Å². The van der Waals surface area contributed by atoms with Gasteiger partial charge in [0.25, 0.3) is 0 Å². The molecule has 0 saturated heterocycles. The molecule has 1 unspecified atom stereocenters. The SMILES string of the molecule is Cc1ccc(C(=O)O)cc1S(=O)(=O)NC(C)CS(C)(=O)=O. The Bertz CT molecular complexity index is 752. The van der Waals surface area contributed by atoms with E-state index in [1.54, 1.807) is 0 Å². The molecule has 0 aliphatic rings. The zero-order chi connectivity index (χ0) is 16.4. The van der Waals surface area contributed by atoms with Crippen molar-refractivity contribution in [3.8, 4) is 0 Å². The first-order valence-corrected chi connectivity index (χ1v) is 9.51. The normalized spacial score (nSPS) is 13.9. The zero-order valence-electron chi connectivity index (χ0n) is 11.8. The molecule has 9 heteroatoms. The second-order valence-electron chi connectivity index (χ2n) is 4.90. The van der Waals surface area contributed by atoms with Crippen LogP contribution in [0.1, 0.15) is 22.8 Å². The summed E-state index contributed by atoms with van der Waals surface area (Å²) in [7, 11) is -7.33. The number of carboxylic acids is 1. The second kappa shape index (κ2) is 6.12. The Morgan fingerprint density at radius 3 is 2.33 bits per heavy atom. The van der Waals surface area contributed by atoms with Gasteiger partial charge in [0.1, 0.15) is 9.84 Å². The van der Waals surface area contributed by atoms with Gasteiger partial charge in [-0.05, 0) is 31.5 Å². The van der Waals surface area contributed by atoms with Crippen LogP contribution in [0.5, 0.6) is 0 Å². The summed E-state index contributed by atoms with van der Waals surface area (Å²) >= 11 is 0. The van der Waals surface area contributed by atoms with Gasteiger partial charge in [0.15, 0.2) is 0 Å². The number of sulfone groups is 1. The van der Waals surface area contributed by atoms with Crippen LogP contribution >= 0.6 is 0 Å². The fourth-order valence-corrected chi connectivity index (χ4v) is 4.45. The van der Waals surface area contributed by atoms with E-state index in [0.717, 1.165) is 12.3 Å². The van der Waals surface area contributed by atoms with Crippen molar-refractivity contribution in [3.05, 3.63) is 29.3 Å². The number of hydrogen-bond donors (Lipinski definition) is 2. The zero-order valence-corrected chi connectivity index (χ0v) is 13.5. The van der Waals surface area contributed by atoms with Gasteiger partial charge >= 0.3 is 5.97 Å². The number of benzene rings is 1. The predicted molar refractivity (Wildman–Crippen MR) is 77.6 cm³/mol. The molecule has 1 aromatic rings. The van der Waals surface area contributed by atoms with E-state index in [0.29, 0.717) is 5.56 Å². The van der Waals surface area contributed by atoms with E-state index < -0.39 is 31.9 Å². The van der Waals surface area contributed by atoms with Gasteiger partial charge in [-0.2, -0.15) is 0 Å². The van der Waals surface area contributed by atoms with Crippen molar-refractivity contribution in [2.75, 3.05) is 12.0 Å². The van der Waals surface area contributed by atoms with Crippen molar-refractivity contribution in [2.24, 2.45) is 0 Å². The fraction of sp³-hybridized carbons (Fsp3) is 0.417. The van der Waals surface area contributed by atoms with Crippen molar-refractivity contribution in [2.45, 2.75) is 24.8 Å². The average Bonchev–Trinajstić information content (AvgIpc) is 2.24. The smallest absolute Gasteiger partial charge is 0.335 e. The second-order valence-corrected chi connectivity index (χ2v) is 8.77. The summed E-state index contributed by atoms with van der Waals surface area (Å²) in [5.41, 5.74) is 0.218. The maximum atomic E-state index is 12.2. The van der Waals surface area contributed by atoms with Crippen molar-refractivity contribution < 1.29 is 26.7 Å². The van der Waals surface area contributed by atoms with Gasteiger partial charge in [0.2, 0.25) is 10.0 Å². The molecule has 1 aromatic carbocycles. The molecule has 0 aliphatic heterocycles. The third-order valence-corrected chi connectivity index (χ3v) is 5.47. The minimum Gasteiger partial charge on any atom is -0.478 e. The highest BCUT2D eigenvalue weighted by Gasteiger charge is 2.22. The molecule has 0 saturated carbocycles. The van der Waals surface area contributed by atoms with Crippen molar-refractivity contribution in [1.29, 1.82) is 0 Å². The molecule has 1 atom stereocenters. The summed E-state index contributed by atoms with van der Waals surface area (Å²) in [4.78, 5) is 10.7. The lowest BCUT2D eigenvalue weighted by Gasteiger charge is -2.15. The molecule has 1 rings (SSSR count). The van der Waals surface area contributed by atoms with Crippen LogP contribution < -0.4 is 4.72 Å². The molecule has 7 nitrogen and oxygen atoms in total. The number of nitrogens with one attached hydrogen (secondary N) is 1. The Hall–Kier alpha value is -1.45. The number of carbonyl (C=O) groups is 1. The van der Waals surface area contributed by atoms with Gasteiger partial charge in [-0.3, -0.25) is 0 Å². The fourth-order valence-electron chi connectivity index (χ4n) is 1.84. The number of carboxylic acid groups (broad SMARTS) is 1. The molecule has 0 aliphatic carbocycles. The van der Waals surface area contributed by atoms with E-state index in [-0.39, 0.29) is 16.2 Å². The Labute approximate surface area is 124 Å². The molecule has 0 bridgehead atoms. The number of aromatic carboxylic acids is 1. The van der Waals surface area contributed by atoms with Crippen LogP contribution in [0.25, 0.3) is 0 Å². The molecule has 21 heavy (non-hydrogen) atoms. The number of hydrogen-bond acceptors (Lipinski definition) is 5. The minimum absolute atomic E-state index is 0.156. The third kappa shape index (κ3) is 5.10. The predicted octanol–water partition coefficient (Wildman–Crippen LogP) is 0.405. The molecule has 0 aromatic heterocycles. The first-order chi connectivity index (χ1) is 9.42. The van der Waals surface area contributed by atoms with Crippen LogP contribution in [0.4, 0.5) is 0 Å². The molecule has 118 valence electrons. The van der Waals surface area contributed by atoms with Gasteiger partial charge < -0.3 is 5.11 Å². The molecule has 2 N–H and O–H groups in total. The summed E-state index contributed by atoms with van der Waals surface area (Å²) in [6.45, 7) is 2.95. The van der Waals surface area contributed by atoms with Gasteiger partial charge in [0, 0.05) is 12.3 Å². The van der Waals surface area contributed by atoms with E-state index in [1.807, 2.05) is 0 Å². The minimum atomic E-state index is -4.00. The Morgan fingerprint density at radius 2 is 1.86 bits per heavy atom. The highest BCUT2D eigenvalue weighted by molar-refractivity contribution is 7.91. The van der Waals surface area contributed by atoms with Crippen LogP contribution in [-0.4, -0.2) is 46.0 Å². The monoisotopic (exact) mass is 335 g/mol. The molecule has 0 spiro atoms. The molecule has 0 radical (unpaired) electrons. The van der Waals surface area contributed by atoms with Crippen LogP contribution in [0.3, 0.4) is 0 Å². The molecular weight excluding hydrogens is 318 g/mol. The maximum absolute atomic E-state index is 12.2. The first-order valence-electron chi connectivity index (χ1n) is 5.96. The quantitative estimate of drug-likeness (QED) is 0.777. The van der Waals surface area contributed by atoms with Gasteiger partial charge in [-0.25, -0.2) is 26.4 Å². The number of sulfonamides is 1. The lowest BCUT2D eigenvalue weighted by atomic mass is 10.1. The average molecular weight is 335 g/mol. The lowest BCUT2D eigenvalue weighted by molar-refractivity contribution is 0.0696. The van der Waals surface area contributed by atoms with Gasteiger partial charge in [-0.15, -0.1) is 0 Å². The summed E-state index contributed by atoms with van der Waals surface area (Å²) in [5, 5.41) is 8.91. The summed E-state index contributed by atoms with van der Waals surface area (Å²) in [6, 6.07) is 2.92. The molecule has 0 amide bonds. The lowest BCUT2D eigenvalue weighted by Crippen LogP contribution is -2.37. The molecular formula is C12H17NO6S2. The van der Waals surface area contributed by atoms with Gasteiger partial charge in [-0.1, -0.05) is 6.07 Å². The van der Waals surface area contributed by atoms with E-state index in [4.69, 9.17) is 5.11 Å². The standard InChI is InChI=1S/C12H17NO6S2/c1-8-4-5-10(12(14)15)6-11(8)21(18,19)13-9(2)7-20(3,16)17/h4-6,9,13H,7H2,1-3H3,(H,14,15). The largest absolute Gasteiger partial charge is 0.478 e. The third-order valence-electron chi connectivity index (χ3n) is 2.63. The highest BCUT2D eigenvalue weighted by Crippen LogP contribution is 2.17. The Balaban J connectivity index is 3.14. The number of aryl methyl sites for hydroxylation is 1. The van der Waals surface area contributed by atoms with Gasteiger partial charge in [0.05, 0.1) is 16.2 Å².